The molecule has 3 rings (SSSR count). The summed E-state index contributed by atoms with van der Waals surface area (Å²) in [6, 6.07) is 13.0. The number of aromatic amines is 1. The summed E-state index contributed by atoms with van der Waals surface area (Å²) in [5.74, 6) is -0.337. The summed E-state index contributed by atoms with van der Waals surface area (Å²) in [7, 11) is 0. The molecule has 0 fully saturated rings. The van der Waals surface area contributed by atoms with E-state index in [1.165, 1.54) is 66.6 Å². The van der Waals surface area contributed by atoms with Gasteiger partial charge in [0.25, 0.3) is 11.2 Å². The number of carbonyl (C=O) groups excluding carboxylic acids is 1. The number of benzene rings is 2. The topological polar surface area (TPSA) is 98.0 Å². The molecule has 0 bridgehead atoms. The Bertz CT molecular complexity index is 1130. The lowest BCUT2D eigenvalue weighted by molar-refractivity contribution is -0.384. The molecule has 3 aromatic rings. The van der Waals surface area contributed by atoms with Crippen molar-refractivity contribution in [2.45, 2.75) is 58.8 Å². The maximum Gasteiger partial charge on any atom is 0.282 e. The number of hydrogen-bond donors (Lipinski definition) is 1. The van der Waals surface area contributed by atoms with Crippen LogP contribution in [0.1, 0.15) is 72.6 Å². The number of carbonyl (C=O) groups is 1. The van der Waals surface area contributed by atoms with Gasteiger partial charge in [0.1, 0.15) is 5.56 Å². The summed E-state index contributed by atoms with van der Waals surface area (Å²) in [5, 5.41) is 13.7. The Labute approximate surface area is 187 Å². The van der Waals surface area contributed by atoms with Gasteiger partial charge in [-0.1, -0.05) is 63.3 Å². The van der Waals surface area contributed by atoms with Crippen molar-refractivity contribution in [1.29, 1.82) is 0 Å². The van der Waals surface area contributed by atoms with Gasteiger partial charge in [-0.05, 0) is 37.5 Å². The van der Waals surface area contributed by atoms with E-state index in [0.29, 0.717) is 16.9 Å². The number of hydrogen-bond acceptors (Lipinski definition) is 4. The van der Waals surface area contributed by atoms with Crippen molar-refractivity contribution in [2.24, 2.45) is 0 Å². The number of unbranched alkanes of at least 4 members (excludes halogenated alkanes) is 5. The van der Waals surface area contributed by atoms with E-state index in [1.807, 2.05) is 12.1 Å². The first-order valence-electron chi connectivity index (χ1n) is 11.1. The predicted molar refractivity (Wildman–Crippen MR) is 125 cm³/mol. The molecule has 2 aromatic carbocycles. The third-order valence-corrected chi connectivity index (χ3v) is 5.65. The highest BCUT2D eigenvalue weighted by molar-refractivity contribution is 6.09. The Morgan fingerprint density at radius 3 is 2.22 bits per heavy atom. The maximum absolute atomic E-state index is 13.0. The van der Waals surface area contributed by atoms with E-state index in [4.69, 9.17) is 0 Å². The van der Waals surface area contributed by atoms with Crippen molar-refractivity contribution < 1.29 is 9.72 Å². The molecule has 7 heteroatoms. The number of H-pyrrole nitrogens is 1. The molecule has 0 amide bonds. The van der Waals surface area contributed by atoms with Gasteiger partial charge in [-0.3, -0.25) is 24.8 Å². The van der Waals surface area contributed by atoms with Crippen LogP contribution in [0.15, 0.2) is 53.3 Å². The maximum atomic E-state index is 13.0. The van der Waals surface area contributed by atoms with Crippen LogP contribution in [0.25, 0.3) is 5.69 Å². The predicted octanol–water partition coefficient (Wildman–Crippen LogP) is 5.52. The summed E-state index contributed by atoms with van der Waals surface area (Å²) in [6.07, 6.45) is 8.42. The smallest absolute Gasteiger partial charge is 0.282 e. The average Bonchev–Trinajstić information content (AvgIpc) is 3.10. The van der Waals surface area contributed by atoms with Gasteiger partial charge >= 0.3 is 0 Å². The van der Waals surface area contributed by atoms with Crippen molar-refractivity contribution in [3.63, 3.8) is 0 Å². The normalized spacial score (nSPS) is 10.9. The van der Waals surface area contributed by atoms with Crippen molar-refractivity contribution in [2.75, 3.05) is 0 Å². The zero-order valence-corrected chi connectivity index (χ0v) is 18.6. The third kappa shape index (κ3) is 5.41. The van der Waals surface area contributed by atoms with Gasteiger partial charge in [0.05, 0.1) is 10.6 Å². The van der Waals surface area contributed by atoms with Gasteiger partial charge in [0.2, 0.25) is 0 Å². The minimum atomic E-state index is -0.502. The Hall–Kier alpha value is -3.48. The molecule has 0 radical (unpaired) electrons. The average molecular weight is 436 g/mol. The lowest BCUT2D eigenvalue weighted by atomic mass is 10.00. The summed E-state index contributed by atoms with van der Waals surface area (Å²) in [5.41, 5.74) is 2.07. The Morgan fingerprint density at radius 2 is 1.59 bits per heavy atom. The first-order chi connectivity index (χ1) is 15.4. The number of rotatable bonds is 11. The standard InChI is InChI=1S/C25H29N3O4/c1-3-4-5-6-7-8-9-19-10-12-20(13-11-19)24(29)23-18(2)26-27(25(23)30)21-14-16-22(17-15-21)28(31)32/h10-17,26H,3-9H2,1-2H3. The van der Waals surface area contributed by atoms with Crippen molar-refractivity contribution in [3.05, 3.63) is 91.4 Å². The van der Waals surface area contributed by atoms with Crippen LogP contribution in [-0.2, 0) is 6.42 Å². The number of aryl methyl sites for hydroxylation is 2. The molecule has 0 aliphatic heterocycles. The molecular weight excluding hydrogens is 406 g/mol. The van der Waals surface area contributed by atoms with E-state index in [-0.39, 0.29) is 17.0 Å². The summed E-state index contributed by atoms with van der Waals surface area (Å²) in [6.45, 7) is 3.88. The minimum absolute atomic E-state index is 0.0672. The summed E-state index contributed by atoms with van der Waals surface area (Å²) < 4.78 is 1.24. The second-order valence-corrected chi connectivity index (χ2v) is 8.07. The first kappa shape index (κ1) is 23.2. The molecule has 0 spiro atoms. The molecule has 0 unspecified atom stereocenters. The zero-order chi connectivity index (χ0) is 23.1. The second kappa shape index (κ2) is 10.7. The van der Waals surface area contributed by atoms with Gasteiger partial charge < -0.3 is 0 Å². The fourth-order valence-corrected chi connectivity index (χ4v) is 3.80. The monoisotopic (exact) mass is 435 g/mol. The number of non-ortho nitro benzene ring substituents is 1. The molecular formula is C25H29N3O4. The largest absolute Gasteiger partial charge is 0.295 e. The number of nitro groups is 1. The fourth-order valence-electron chi connectivity index (χ4n) is 3.80. The molecule has 32 heavy (non-hydrogen) atoms. The number of ketones is 1. The highest BCUT2D eigenvalue weighted by atomic mass is 16.6. The quantitative estimate of drug-likeness (QED) is 0.186. The van der Waals surface area contributed by atoms with Crippen molar-refractivity contribution in [1.82, 2.24) is 9.78 Å². The number of nitro benzene ring substituents is 1. The van der Waals surface area contributed by atoms with E-state index < -0.39 is 10.5 Å². The molecule has 0 saturated heterocycles. The number of nitrogens with one attached hydrogen (secondary N) is 1. The zero-order valence-electron chi connectivity index (χ0n) is 18.6. The van der Waals surface area contributed by atoms with Gasteiger partial charge in [-0.25, -0.2) is 4.68 Å². The lowest BCUT2D eigenvalue weighted by Gasteiger charge is -2.04. The van der Waals surface area contributed by atoms with Gasteiger partial charge in [-0.15, -0.1) is 0 Å². The molecule has 1 aromatic heterocycles. The van der Waals surface area contributed by atoms with Crippen LogP contribution in [-0.4, -0.2) is 20.5 Å². The number of aromatic nitrogens is 2. The van der Waals surface area contributed by atoms with Crippen LogP contribution in [0.5, 0.6) is 0 Å². The Kier molecular flexibility index (Phi) is 7.76. The van der Waals surface area contributed by atoms with Gasteiger partial charge in [0, 0.05) is 23.4 Å². The highest BCUT2D eigenvalue weighted by Gasteiger charge is 2.21. The van der Waals surface area contributed by atoms with Crippen LogP contribution in [0.3, 0.4) is 0 Å². The minimum Gasteiger partial charge on any atom is -0.295 e. The van der Waals surface area contributed by atoms with Crippen LogP contribution < -0.4 is 5.56 Å². The van der Waals surface area contributed by atoms with E-state index in [0.717, 1.165) is 12.8 Å². The van der Waals surface area contributed by atoms with Crippen LogP contribution in [0.2, 0.25) is 0 Å². The van der Waals surface area contributed by atoms with Crippen molar-refractivity contribution in [3.8, 4) is 5.69 Å². The first-order valence-corrected chi connectivity index (χ1v) is 11.1. The van der Waals surface area contributed by atoms with Crippen LogP contribution in [0, 0.1) is 17.0 Å². The molecule has 0 aliphatic carbocycles. The lowest BCUT2D eigenvalue weighted by Crippen LogP contribution is -2.20. The summed E-state index contributed by atoms with van der Waals surface area (Å²) >= 11 is 0. The molecule has 0 saturated carbocycles. The van der Waals surface area contributed by atoms with Crippen LogP contribution in [0.4, 0.5) is 5.69 Å². The molecule has 1 heterocycles. The van der Waals surface area contributed by atoms with Crippen molar-refractivity contribution >= 4 is 11.5 Å². The Morgan fingerprint density at radius 1 is 0.969 bits per heavy atom. The molecule has 0 atom stereocenters. The number of nitrogens with zero attached hydrogens (tertiary/aromatic N) is 2. The SMILES string of the molecule is CCCCCCCCc1ccc(C(=O)c2c(C)[nH]n(-c3ccc([N+](=O)[O-])cc3)c2=O)cc1. The molecule has 7 nitrogen and oxygen atoms in total. The molecule has 0 aliphatic rings. The van der Waals surface area contributed by atoms with Gasteiger partial charge in [0.15, 0.2) is 5.78 Å². The Balaban J connectivity index is 1.71. The second-order valence-electron chi connectivity index (χ2n) is 8.07. The van der Waals surface area contributed by atoms with E-state index in [1.54, 1.807) is 19.1 Å². The van der Waals surface area contributed by atoms with Gasteiger partial charge in [-0.2, -0.15) is 0 Å². The van der Waals surface area contributed by atoms with Crippen LogP contribution >= 0.6 is 0 Å². The van der Waals surface area contributed by atoms with E-state index in [9.17, 15) is 19.7 Å². The third-order valence-electron chi connectivity index (χ3n) is 5.65. The molecule has 168 valence electrons. The fraction of sp³-hybridized carbons (Fsp3) is 0.360. The van der Waals surface area contributed by atoms with E-state index in [2.05, 4.69) is 12.0 Å². The molecule has 1 N–H and O–H groups in total. The summed E-state index contributed by atoms with van der Waals surface area (Å²) in [4.78, 5) is 36.3. The highest BCUT2D eigenvalue weighted by Crippen LogP contribution is 2.17. The van der Waals surface area contributed by atoms with E-state index >= 15 is 0 Å².